The van der Waals surface area contributed by atoms with Gasteiger partial charge in [-0.1, -0.05) is 17.8 Å². The van der Waals surface area contributed by atoms with Crippen LogP contribution in [0, 0.1) is 6.92 Å². The lowest BCUT2D eigenvalue weighted by molar-refractivity contribution is 0.684. The third-order valence-electron chi connectivity index (χ3n) is 2.33. The summed E-state index contributed by atoms with van der Waals surface area (Å²) in [6.07, 6.45) is 0. The van der Waals surface area contributed by atoms with Gasteiger partial charge in [-0.3, -0.25) is 4.68 Å². The number of nitrogens with zero attached hydrogens (tertiary/aromatic N) is 2. The van der Waals surface area contributed by atoms with E-state index in [1.54, 1.807) is 23.1 Å². The summed E-state index contributed by atoms with van der Waals surface area (Å²) in [6, 6.07) is 4.22. The summed E-state index contributed by atoms with van der Waals surface area (Å²) in [7, 11) is 3.97. The van der Waals surface area contributed by atoms with Crippen LogP contribution in [0.3, 0.4) is 0 Å². The van der Waals surface area contributed by atoms with Crippen LogP contribution < -0.4 is 5.32 Å². The third-order valence-corrected chi connectivity index (χ3v) is 4.58. The molecule has 0 radical (unpaired) electrons. The Hall–Kier alpha value is -0.780. The summed E-state index contributed by atoms with van der Waals surface area (Å²) in [5, 5.41) is 11.0. The Morgan fingerprint density at radius 1 is 1.56 bits per heavy atom. The molecule has 5 heteroatoms. The van der Waals surface area contributed by atoms with E-state index >= 15 is 0 Å². The second-order valence-corrected chi connectivity index (χ2v) is 5.79. The topological polar surface area (TPSA) is 29.9 Å². The minimum absolute atomic E-state index is 0.868. The minimum Gasteiger partial charge on any atom is -0.316 e. The number of aromatic nitrogens is 2. The van der Waals surface area contributed by atoms with Crippen LogP contribution in [0.15, 0.2) is 26.7 Å². The first-order valence-corrected chi connectivity index (χ1v) is 6.80. The molecule has 86 valence electrons. The monoisotopic (exact) mass is 253 g/mol. The van der Waals surface area contributed by atoms with Gasteiger partial charge in [-0.25, -0.2) is 0 Å². The van der Waals surface area contributed by atoms with E-state index in [1.807, 2.05) is 18.8 Å². The summed E-state index contributed by atoms with van der Waals surface area (Å²) >= 11 is 3.55. The molecule has 0 unspecified atom stereocenters. The first-order valence-electron chi connectivity index (χ1n) is 5.10. The highest BCUT2D eigenvalue weighted by atomic mass is 32.2. The lowest BCUT2D eigenvalue weighted by Gasteiger charge is -2.04. The zero-order valence-corrected chi connectivity index (χ0v) is 11.3. The Morgan fingerprint density at radius 2 is 2.38 bits per heavy atom. The van der Waals surface area contributed by atoms with Crippen LogP contribution in [0.2, 0.25) is 0 Å². The van der Waals surface area contributed by atoms with Gasteiger partial charge in [0.2, 0.25) is 0 Å². The molecule has 2 aromatic heterocycles. The van der Waals surface area contributed by atoms with Crippen LogP contribution in [0.25, 0.3) is 0 Å². The van der Waals surface area contributed by atoms with Crippen molar-refractivity contribution in [2.45, 2.75) is 22.7 Å². The van der Waals surface area contributed by atoms with Gasteiger partial charge in [0.15, 0.2) is 0 Å². The predicted octanol–water partition coefficient (Wildman–Crippen LogP) is 2.66. The van der Waals surface area contributed by atoms with Crippen molar-refractivity contribution < 1.29 is 0 Å². The average Bonchev–Trinajstić information content (AvgIpc) is 2.82. The Morgan fingerprint density at radius 3 is 3.00 bits per heavy atom. The molecular weight excluding hydrogens is 238 g/mol. The second-order valence-electron chi connectivity index (χ2n) is 3.56. The second kappa shape index (κ2) is 5.03. The molecule has 0 aliphatic rings. The van der Waals surface area contributed by atoms with Crippen LogP contribution in [-0.4, -0.2) is 16.8 Å². The van der Waals surface area contributed by atoms with Crippen molar-refractivity contribution in [1.29, 1.82) is 0 Å². The fourth-order valence-corrected chi connectivity index (χ4v) is 3.50. The van der Waals surface area contributed by atoms with Crippen LogP contribution in [0.1, 0.15) is 11.3 Å². The first kappa shape index (κ1) is 11.7. The van der Waals surface area contributed by atoms with Gasteiger partial charge >= 0.3 is 0 Å². The zero-order chi connectivity index (χ0) is 11.5. The first-order chi connectivity index (χ1) is 7.72. The molecule has 2 aromatic rings. The highest BCUT2D eigenvalue weighted by molar-refractivity contribution is 8.01. The normalized spacial score (nSPS) is 10.9. The summed E-state index contributed by atoms with van der Waals surface area (Å²) in [4.78, 5) is 0. The zero-order valence-electron chi connectivity index (χ0n) is 9.65. The molecular formula is C11H15N3S2. The Kier molecular flexibility index (Phi) is 3.68. The predicted molar refractivity (Wildman–Crippen MR) is 69.2 cm³/mol. The van der Waals surface area contributed by atoms with Gasteiger partial charge in [0.1, 0.15) is 5.03 Å². The Balaban J connectivity index is 2.31. The van der Waals surface area contributed by atoms with E-state index in [0.717, 1.165) is 12.2 Å². The van der Waals surface area contributed by atoms with E-state index in [1.165, 1.54) is 14.8 Å². The summed E-state index contributed by atoms with van der Waals surface area (Å²) in [5.41, 5.74) is 2.40. The lowest BCUT2D eigenvalue weighted by atomic mass is 10.3. The average molecular weight is 253 g/mol. The quantitative estimate of drug-likeness (QED) is 0.908. The summed E-state index contributed by atoms with van der Waals surface area (Å²) in [5.74, 6) is 0. The van der Waals surface area contributed by atoms with Crippen molar-refractivity contribution in [3.8, 4) is 0 Å². The van der Waals surface area contributed by atoms with Crippen LogP contribution in [0.4, 0.5) is 0 Å². The van der Waals surface area contributed by atoms with Crippen molar-refractivity contribution in [3.63, 3.8) is 0 Å². The molecule has 0 spiro atoms. The van der Waals surface area contributed by atoms with E-state index < -0.39 is 0 Å². The molecule has 2 heterocycles. The van der Waals surface area contributed by atoms with E-state index in [2.05, 4.69) is 34.9 Å². The van der Waals surface area contributed by atoms with Gasteiger partial charge in [0.05, 0.1) is 9.90 Å². The molecule has 0 bridgehead atoms. The minimum atomic E-state index is 0.868. The number of hydrogen-bond donors (Lipinski definition) is 1. The molecule has 0 amide bonds. The van der Waals surface area contributed by atoms with Crippen LogP contribution >= 0.6 is 23.1 Å². The number of hydrogen-bond acceptors (Lipinski definition) is 4. The fraction of sp³-hybridized carbons (Fsp3) is 0.364. The summed E-state index contributed by atoms with van der Waals surface area (Å²) in [6.45, 7) is 2.93. The van der Waals surface area contributed by atoms with Gasteiger partial charge in [-0.05, 0) is 25.4 Å². The molecule has 0 aromatic carbocycles. The summed E-state index contributed by atoms with van der Waals surface area (Å²) < 4.78 is 3.27. The van der Waals surface area contributed by atoms with Gasteiger partial charge < -0.3 is 5.32 Å². The Labute approximate surface area is 104 Å². The van der Waals surface area contributed by atoms with Crippen molar-refractivity contribution in [2.24, 2.45) is 7.05 Å². The van der Waals surface area contributed by atoms with E-state index in [-0.39, 0.29) is 0 Å². The number of thiophene rings is 1. The maximum absolute atomic E-state index is 4.47. The van der Waals surface area contributed by atoms with Gasteiger partial charge in [0, 0.05) is 19.2 Å². The highest BCUT2D eigenvalue weighted by Gasteiger charge is 2.13. The van der Waals surface area contributed by atoms with E-state index in [9.17, 15) is 0 Å². The number of rotatable bonds is 4. The molecule has 0 atom stereocenters. The van der Waals surface area contributed by atoms with Gasteiger partial charge in [-0.15, -0.1) is 11.3 Å². The lowest BCUT2D eigenvalue weighted by Crippen LogP contribution is -2.06. The largest absolute Gasteiger partial charge is 0.316 e. The van der Waals surface area contributed by atoms with E-state index in [0.29, 0.717) is 0 Å². The number of aryl methyl sites for hydroxylation is 2. The van der Waals surface area contributed by atoms with Crippen LogP contribution in [-0.2, 0) is 13.6 Å². The smallest absolute Gasteiger partial charge is 0.104 e. The molecule has 16 heavy (non-hydrogen) atoms. The Bertz CT molecular complexity index is 460. The molecule has 2 rings (SSSR count). The molecule has 0 saturated heterocycles. The molecule has 0 saturated carbocycles. The fourth-order valence-electron chi connectivity index (χ4n) is 1.61. The van der Waals surface area contributed by atoms with Crippen molar-refractivity contribution in [2.75, 3.05) is 7.05 Å². The maximum atomic E-state index is 4.47. The van der Waals surface area contributed by atoms with Crippen molar-refractivity contribution in [3.05, 3.63) is 28.8 Å². The molecule has 1 N–H and O–H groups in total. The maximum Gasteiger partial charge on any atom is 0.104 e. The molecule has 0 aliphatic carbocycles. The highest BCUT2D eigenvalue weighted by Crippen LogP contribution is 2.34. The van der Waals surface area contributed by atoms with E-state index in [4.69, 9.17) is 0 Å². The van der Waals surface area contributed by atoms with Gasteiger partial charge in [0.25, 0.3) is 0 Å². The number of nitrogens with one attached hydrogen (secondary N) is 1. The molecule has 0 fully saturated rings. The molecule has 0 aliphatic heterocycles. The SMILES string of the molecule is CNCc1c(C)nn(C)c1Sc1cccs1. The molecule has 3 nitrogen and oxygen atoms in total. The standard InChI is InChI=1S/C11H15N3S2/c1-8-9(7-12-2)11(14(3)13-8)16-10-5-4-6-15-10/h4-6,12H,7H2,1-3H3. The third kappa shape index (κ3) is 2.31. The van der Waals surface area contributed by atoms with Crippen molar-refractivity contribution in [1.82, 2.24) is 15.1 Å². The van der Waals surface area contributed by atoms with Crippen molar-refractivity contribution >= 4 is 23.1 Å². The van der Waals surface area contributed by atoms with Gasteiger partial charge in [-0.2, -0.15) is 5.10 Å². The van der Waals surface area contributed by atoms with Crippen LogP contribution in [0.5, 0.6) is 0 Å².